The van der Waals surface area contributed by atoms with Crippen molar-refractivity contribution >= 4 is 34.0 Å². The molecule has 0 bridgehead atoms. The van der Waals surface area contributed by atoms with Crippen molar-refractivity contribution in [2.75, 3.05) is 5.48 Å². The lowest BCUT2D eigenvalue weighted by atomic mass is 10.1. The van der Waals surface area contributed by atoms with Crippen molar-refractivity contribution in [3.8, 4) is 0 Å². The highest BCUT2D eigenvalue weighted by Gasteiger charge is 2.09. The number of aryl methyl sites for hydroxylation is 1. The minimum atomic E-state index is -0.488. The Kier molecular flexibility index (Phi) is 5.80. The first-order valence-corrected chi connectivity index (χ1v) is 9.67. The molecule has 6 heteroatoms. The molecule has 1 N–H and O–H groups in total. The molecule has 152 valence electrons. The number of carbonyl (C=O) groups excluding carboxylic acids is 2. The summed E-state index contributed by atoms with van der Waals surface area (Å²) in [6.07, 6.45) is 0. The predicted octanol–water partition coefficient (Wildman–Crippen LogP) is 6.26. The van der Waals surface area contributed by atoms with E-state index in [0.29, 0.717) is 22.5 Å². The zero-order valence-corrected chi connectivity index (χ0v) is 16.8. The van der Waals surface area contributed by atoms with Crippen LogP contribution in [0.4, 0.5) is 11.4 Å². The molecule has 6 nitrogen and oxygen atoms in total. The largest absolute Gasteiger partial charge is 0.362 e. The van der Waals surface area contributed by atoms with Crippen LogP contribution in [0.25, 0.3) is 10.8 Å². The summed E-state index contributed by atoms with van der Waals surface area (Å²) in [5.41, 5.74) is 5.70. The second kappa shape index (κ2) is 9.00. The Balaban J connectivity index is 1.35. The van der Waals surface area contributed by atoms with Gasteiger partial charge in [0, 0.05) is 5.56 Å². The number of azo groups is 1. The minimum Gasteiger partial charge on any atom is -0.338 e. The van der Waals surface area contributed by atoms with E-state index >= 15 is 0 Å². The molecule has 0 atom stereocenters. The minimum absolute atomic E-state index is 0.411. The monoisotopic (exact) mass is 409 g/mol. The van der Waals surface area contributed by atoms with E-state index in [1.54, 1.807) is 48.5 Å². The Morgan fingerprint density at radius 2 is 1.45 bits per heavy atom. The van der Waals surface area contributed by atoms with Crippen LogP contribution in [0.1, 0.15) is 26.3 Å². The summed E-state index contributed by atoms with van der Waals surface area (Å²) in [5, 5.41) is 9.72. The van der Waals surface area contributed by atoms with Crippen molar-refractivity contribution in [2.24, 2.45) is 10.2 Å². The maximum Gasteiger partial charge on any atom is 0.362 e. The number of fused-ring (bicyclic) bond motifs is 1. The Bertz CT molecular complexity index is 1260. The Morgan fingerprint density at radius 3 is 2.19 bits per heavy atom. The molecule has 0 aliphatic rings. The van der Waals surface area contributed by atoms with E-state index in [4.69, 9.17) is 4.84 Å². The van der Waals surface area contributed by atoms with Gasteiger partial charge in [-0.1, -0.05) is 48.0 Å². The van der Waals surface area contributed by atoms with Crippen LogP contribution in [0, 0.1) is 6.92 Å². The number of hydrogen-bond donors (Lipinski definition) is 1. The molecule has 31 heavy (non-hydrogen) atoms. The van der Waals surface area contributed by atoms with Crippen LogP contribution < -0.4 is 5.48 Å². The lowest BCUT2D eigenvalue weighted by molar-refractivity contribution is 0.0596. The zero-order valence-electron chi connectivity index (χ0n) is 16.8. The maximum atomic E-state index is 12.3. The summed E-state index contributed by atoms with van der Waals surface area (Å²) in [5.74, 6) is -0.898. The molecule has 0 aliphatic carbocycles. The van der Waals surface area contributed by atoms with E-state index in [-0.39, 0.29) is 0 Å². The number of hydrogen-bond acceptors (Lipinski definition) is 5. The fourth-order valence-electron chi connectivity index (χ4n) is 2.93. The Labute approximate surface area is 179 Å². The fourth-order valence-corrected chi connectivity index (χ4v) is 2.93. The van der Waals surface area contributed by atoms with Crippen LogP contribution >= 0.6 is 0 Å². The smallest absolute Gasteiger partial charge is 0.338 e. The van der Waals surface area contributed by atoms with Crippen molar-refractivity contribution in [2.45, 2.75) is 6.92 Å². The average molecular weight is 409 g/mol. The van der Waals surface area contributed by atoms with Gasteiger partial charge in [-0.15, -0.1) is 10.2 Å². The average Bonchev–Trinajstić information content (AvgIpc) is 2.81. The number of anilines is 1. The molecule has 0 radical (unpaired) electrons. The van der Waals surface area contributed by atoms with Gasteiger partial charge in [0.05, 0.1) is 16.9 Å². The van der Waals surface area contributed by atoms with Gasteiger partial charge in [0.2, 0.25) is 0 Å². The van der Waals surface area contributed by atoms with Gasteiger partial charge < -0.3 is 4.84 Å². The van der Waals surface area contributed by atoms with E-state index in [1.165, 1.54) is 0 Å². The van der Waals surface area contributed by atoms with Crippen LogP contribution in [-0.4, -0.2) is 11.9 Å². The lowest BCUT2D eigenvalue weighted by Gasteiger charge is -2.07. The molecule has 0 aromatic heterocycles. The molecule has 0 saturated carbocycles. The van der Waals surface area contributed by atoms with Gasteiger partial charge in [-0.3, -0.25) is 4.79 Å². The van der Waals surface area contributed by atoms with Gasteiger partial charge in [-0.05, 0) is 66.2 Å². The van der Waals surface area contributed by atoms with Crippen molar-refractivity contribution in [3.63, 3.8) is 0 Å². The van der Waals surface area contributed by atoms with Crippen LogP contribution in [0.5, 0.6) is 0 Å². The second-order valence-electron chi connectivity index (χ2n) is 6.97. The van der Waals surface area contributed by atoms with Crippen LogP contribution in [0.3, 0.4) is 0 Å². The fraction of sp³-hybridized carbons (Fsp3) is 0.0400. The van der Waals surface area contributed by atoms with Crippen molar-refractivity contribution in [1.29, 1.82) is 0 Å². The molecule has 0 heterocycles. The van der Waals surface area contributed by atoms with E-state index in [9.17, 15) is 9.59 Å². The standard InChI is InChI=1S/C25H19N3O3/c1-17-6-8-19(9-7-17)24(29)27-26-22-12-14-23(15-13-22)28-31-25(30)21-11-10-18-4-2-3-5-20(18)16-21/h2-16,28H,1H3. The maximum absolute atomic E-state index is 12.3. The van der Waals surface area contributed by atoms with Gasteiger partial charge in [0.1, 0.15) is 0 Å². The highest BCUT2D eigenvalue weighted by Crippen LogP contribution is 2.19. The molecule has 0 fully saturated rings. The van der Waals surface area contributed by atoms with Crippen molar-refractivity contribution in [1.82, 2.24) is 0 Å². The number of rotatable bonds is 5. The number of nitrogens with one attached hydrogen (secondary N) is 1. The molecule has 4 aromatic rings. The summed E-state index contributed by atoms with van der Waals surface area (Å²) in [6, 6.07) is 27.0. The Morgan fingerprint density at radius 1 is 0.774 bits per heavy atom. The molecule has 4 rings (SSSR count). The zero-order chi connectivity index (χ0) is 21.6. The van der Waals surface area contributed by atoms with E-state index in [2.05, 4.69) is 15.7 Å². The Hall–Kier alpha value is -4.32. The predicted molar refractivity (Wildman–Crippen MR) is 119 cm³/mol. The first kappa shape index (κ1) is 20.0. The van der Waals surface area contributed by atoms with Crippen LogP contribution in [-0.2, 0) is 4.84 Å². The number of benzene rings is 4. The summed E-state index contributed by atoms with van der Waals surface area (Å²) in [4.78, 5) is 29.5. The summed E-state index contributed by atoms with van der Waals surface area (Å²) in [7, 11) is 0. The van der Waals surface area contributed by atoms with Crippen molar-refractivity contribution < 1.29 is 14.4 Å². The highest BCUT2D eigenvalue weighted by molar-refractivity contribution is 5.96. The summed E-state index contributed by atoms with van der Waals surface area (Å²) >= 11 is 0. The third kappa shape index (κ3) is 5.00. The molecule has 0 unspecified atom stereocenters. The summed E-state index contributed by atoms with van der Waals surface area (Å²) < 4.78 is 0. The SMILES string of the molecule is Cc1ccc(C(=O)N=Nc2ccc(NOC(=O)c3ccc4ccccc4c3)cc2)cc1. The molecule has 0 aliphatic heterocycles. The van der Waals surface area contributed by atoms with Crippen molar-refractivity contribution in [3.05, 3.63) is 108 Å². The van der Waals surface area contributed by atoms with Gasteiger partial charge in [0.25, 0.3) is 5.91 Å². The molecule has 0 saturated heterocycles. The third-order valence-corrected chi connectivity index (χ3v) is 4.67. The first-order valence-electron chi connectivity index (χ1n) is 9.67. The summed E-state index contributed by atoms with van der Waals surface area (Å²) in [6.45, 7) is 1.95. The normalized spacial score (nSPS) is 10.9. The molecule has 1 amide bonds. The first-order chi connectivity index (χ1) is 15.1. The third-order valence-electron chi connectivity index (χ3n) is 4.67. The van der Waals surface area contributed by atoms with E-state index < -0.39 is 11.9 Å². The molecular formula is C25H19N3O3. The molecular weight excluding hydrogens is 390 g/mol. The topological polar surface area (TPSA) is 80.1 Å². The molecule has 0 spiro atoms. The molecule has 4 aromatic carbocycles. The van der Waals surface area contributed by atoms with E-state index in [0.717, 1.165) is 16.3 Å². The lowest BCUT2D eigenvalue weighted by Crippen LogP contribution is -2.10. The second-order valence-corrected chi connectivity index (χ2v) is 6.97. The number of amides is 1. The highest BCUT2D eigenvalue weighted by atomic mass is 16.7. The van der Waals surface area contributed by atoms with Gasteiger partial charge in [-0.2, -0.15) is 0 Å². The quantitative estimate of drug-likeness (QED) is 0.312. The van der Waals surface area contributed by atoms with E-state index in [1.807, 2.05) is 49.4 Å². The van der Waals surface area contributed by atoms with Gasteiger partial charge in [-0.25, -0.2) is 10.3 Å². The van der Waals surface area contributed by atoms with Gasteiger partial charge in [0.15, 0.2) is 0 Å². The number of carbonyl (C=O) groups is 2. The van der Waals surface area contributed by atoms with Gasteiger partial charge >= 0.3 is 5.97 Å². The number of nitrogens with zero attached hydrogens (tertiary/aromatic N) is 2. The van der Waals surface area contributed by atoms with Crippen LogP contribution in [0.2, 0.25) is 0 Å². The van der Waals surface area contributed by atoms with Crippen LogP contribution in [0.15, 0.2) is 101 Å².